The van der Waals surface area contributed by atoms with Gasteiger partial charge in [-0.15, -0.1) is 0 Å². The smallest absolute Gasteiger partial charge is 0.210 e. The SMILES string of the molecule is FC(F)C1(C(F)F)CCC(C(F)F)(C(F)F)CC1. The molecule has 0 aromatic carbocycles. The highest BCUT2D eigenvalue weighted by Gasteiger charge is 2.59. The van der Waals surface area contributed by atoms with E-state index in [1.807, 2.05) is 0 Å². The van der Waals surface area contributed by atoms with Crippen LogP contribution in [0.2, 0.25) is 0 Å². The van der Waals surface area contributed by atoms with Crippen molar-refractivity contribution >= 4 is 0 Å². The molecular formula is C10H12F8. The average molecular weight is 284 g/mol. The fraction of sp³-hybridized carbons (Fsp3) is 1.00. The molecule has 0 radical (unpaired) electrons. The fourth-order valence-corrected chi connectivity index (χ4v) is 2.24. The van der Waals surface area contributed by atoms with Crippen LogP contribution in [0.15, 0.2) is 0 Å². The monoisotopic (exact) mass is 284 g/mol. The molecule has 8 heteroatoms. The summed E-state index contributed by atoms with van der Waals surface area (Å²) >= 11 is 0. The Morgan fingerprint density at radius 1 is 0.444 bits per heavy atom. The van der Waals surface area contributed by atoms with E-state index in [1.54, 1.807) is 0 Å². The quantitative estimate of drug-likeness (QED) is 0.662. The van der Waals surface area contributed by atoms with Gasteiger partial charge in [0.25, 0.3) is 0 Å². The zero-order chi connectivity index (χ0) is 14.1. The van der Waals surface area contributed by atoms with Crippen LogP contribution in [-0.4, -0.2) is 25.7 Å². The summed E-state index contributed by atoms with van der Waals surface area (Å²) in [6.45, 7) is 0. The lowest BCUT2D eigenvalue weighted by molar-refractivity contribution is -0.191. The van der Waals surface area contributed by atoms with Gasteiger partial charge in [-0.1, -0.05) is 0 Å². The number of halogens is 8. The standard InChI is InChI=1S/C10H12F8/c11-5(12)9(6(13)14)1-2-10(4-3-9,7(15)16)8(17)18/h5-8H,1-4H2. The summed E-state index contributed by atoms with van der Waals surface area (Å²) in [7, 11) is 0. The second kappa shape index (κ2) is 5.21. The molecule has 0 spiro atoms. The van der Waals surface area contributed by atoms with E-state index in [1.165, 1.54) is 0 Å². The third-order valence-electron chi connectivity index (χ3n) is 3.85. The summed E-state index contributed by atoms with van der Waals surface area (Å²) in [5.41, 5.74) is -5.46. The Labute approximate surface area is 98.3 Å². The molecule has 1 rings (SSSR count). The van der Waals surface area contributed by atoms with Crippen LogP contribution < -0.4 is 0 Å². The van der Waals surface area contributed by atoms with Crippen molar-refractivity contribution in [3.63, 3.8) is 0 Å². The number of hydrogen-bond donors (Lipinski definition) is 0. The van der Waals surface area contributed by atoms with Crippen molar-refractivity contribution in [1.82, 2.24) is 0 Å². The van der Waals surface area contributed by atoms with Crippen LogP contribution in [0.4, 0.5) is 35.1 Å². The molecule has 108 valence electrons. The Morgan fingerprint density at radius 2 is 0.611 bits per heavy atom. The molecule has 1 aliphatic carbocycles. The fourth-order valence-electron chi connectivity index (χ4n) is 2.24. The lowest BCUT2D eigenvalue weighted by Gasteiger charge is -2.44. The molecule has 0 aromatic heterocycles. The minimum atomic E-state index is -3.41. The van der Waals surface area contributed by atoms with Crippen molar-refractivity contribution in [2.24, 2.45) is 10.8 Å². The van der Waals surface area contributed by atoms with Crippen molar-refractivity contribution in [2.75, 3.05) is 0 Å². The van der Waals surface area contributed by atoms with Gasteiger partial charge >= 0.3 is 0 Å². The van der Waals surface area contributed by atoms with Gasteiger partial charge in [-0.3, -0.25) is 0 Å². The zero-order valence-corrected chi connectivity index (χ0v) is 9.16. The average Bonchev–Trinajstić information content (AvgIpc) is 2.27. The Balaban J connectivity index is 2.91. The molecule has 0 aliphatic heterocycles. The van der Waals surface area contributed by atoms with Gasteiger partial charge in [-0.25, -0.2) is 35.1 Å². The van der Waals surface area contributed by atoms with Gasteiger partial charge in [-0.2, -0.15) is 0 Å². The molecule has 1 aliphatic rings. The van der Waals surface area contributed by atoms with Crippen LogP contribution in [0.5, 0.6) is 0 Å². The Bertz CT molecular complexity index is 219. The molecule has 0 atom stereocenters. The summed E-state index contributed by atoms with van der Waals surface area (Å²) in [5.74, 6) is 0. The zero-order valence-electron chi connectivity index (χ0n) is 9.16. The first-order valence-electron chi connectivity index (χ1n) is 5.31. The van der Waals surface area contributed by atoms with E-state index in [9.17, 15) is 35.1 Å². The minimum Gasteiger partial charge on any atom is -0.210 e. The second-order valence-corrected chi connectivity index (χ2v) is 4.67. The van der Waals surface area contributed by atoms with Gasteiger partial charge in [0, 0.05) is 0 Å². The van der Waals surface area contributed by atoms with Crippen LogP contribution in [0.25, 0.3) is 0 Å². The summed E-state index contributed by atoms with van der Waals surface area (Å²) < 4.78 is 101. The topological polar surface area (TPSA) is 0 Å². The molecular weight excluding hydrogens is 272 g/mol. The second-order valence-electron chi connectivity index (χ2n) is 4.67. The van der Waals surface area contributed by atoms with Crippen LogP contribution in [0.1, 0.15) is 25.7 Å². The predicted molar refractivity (Wildman–Crippen MR) is 47.4 cm³/mol. The Morgan fingerprint density at radius 3 is 0.722 bits per heavy atom. The highest BCUT2D eigenvalue weighted by Crippen LogP contribution is 2.55. The lowest BCUT2D eigenvalue weighted by Crippen LogP contribution is -2.48. The molecule has 18 heavy (non-hydrogen) atoms. The number of hydrogen-bond acceptors (Lipinski definition) is 0. The van der Waals surface area contributed by atoms with Crippen molar-refractivity contribution < 1.29 is 35.1 Å². The summed E-state index contributed by atoms with van der Waals surface area (Å²) in [4.78, 5) is 0. The summed E-state index contributed by atoms with van der Waals surface area (Å²) in [6.07, 6.45) is -17.7. The molecule has 0 unspecified atom stereocenters. The van der Waals surface area contributed by atoms with E-state index >= 15 is 0 Å². The van der Waals surface area contributed by atoms with Gasteiger partial charge < -0.3 is 0 Å². The molecule has 0 bridgehead atoms. The molecule has 0 saturated heterocycles. The first kappa shape index (κ1) is 15.5. The van der Waals surface area contributed by atoms with Crippen molar-refractivity contribution in [2.45, 2.75) is 51.4 Å². The molecule has 0 nitrogen and oxygen atoms in total. The Kier molecular flexibility index (Phi) is 4.48. The van der Waals surface area contributed by atoms with E-state index in [4.69, 9.17) is 0 Å². The van der Waals surface area contributed by atoms with Gasteiger partial charge in [0.05, 0.1) is 10.8 Å². The third kappa shape index (κ3) is 2.30. The van der Waals surface area contributed by atoms with Crippen LogP contribution in [0, 0.1) is 10.8 Å². The van der Waals surface area contributed by atoms with Crippen LogP contribution in [-0.2, 0) is 0 Å². The highest BCUT2D eigenvalue weighted by atomic mass is 19.3. The summed E-state index contributed by atoms with van der Waals surface area (Å²) in [6, 6.07) is 0. The molecule has 0 N–H and O–H groups in total. The van der Waals surface area contributed by atoms with Gasteiger partial charge in [0.15, 0.2) is 0 Å². The number of rotatable bonds is 4. The van der Waals surface area contributed by atoms with E-state index < -0.39 is 62.2 Å². The molecule has 0 aromatic rings. The van der Waals surface area contributed by atoms with Crippen molar-refractivity contribution in [3.05, 3.63) is 0 Å². The Hall–Kier alpha value is -0.560. The van der Waals surface area contributed by atoms with E-state index in [2.05, 4.69) is 0 Å². The van der Waals surface area contributed by atoms with E-state index in [0.29, 0.717) is 0 Å². The van der Waals surface area contributed by atoms with Gasteiger partial charge in [0.2, 0.25) is 25.7 Å². The van der Waals surface area contributed by atoms with Gasteiger partial charge in [0.1, 0.15) is 0 Å². The minimum absolute atomic E-state index is 1.02. The molecule has 1 fully saturated rings. The first-order valence-corrected chi connectivity index (χ1v) is 5.31. The van der Waals surface area contributed by atoms with E-state index in [0.717, 1.165) is 0 Å². The maximum Gasteiger partial charge on any atom is 0.249 e. The normalized spacial score (nSPS) is 23.3. The third-order valence-corrected chi connectivity index (χ3v) is 3.85. The maximum absolute atomic E-state index is 12.6. The van der Waals surface area contributed by atoms with Crippen LogP contribution >= 0.6 is 0 Å². The summed E-state index contributed by atoms with van der Waals surface area (Å²) in [5, 5.41) is 0. The first-order chi connectivity index (χ1) is 8.19. The molecule has 0 heterocycles. The highest BCUT2D eigenvalue weighted by molar-refractivity contribution is 4.97. The lowest BCUT2D eigenvalue weighted by atomic mass is 9.64. The molecule has 1 saturated carbocycles. The maximum atomic E-state index is 12.6. The van der Waals surface area contributed by atoms with Crippen LogP contribution in [0.3, 0.4) is 0 Å². The largest absolute Gasteiger partial charge is 0.249 e. The molecule has 0 amide bonds. The van der Waals surface area contributed by atoms with Crippen molar-refractivity contribution in [3.8, 4) is 0 Å². The van der Waals surface area contributed by atoms with E-state index in [-0.39, 0.29) is 0 Å². The van der Waals surface area contributed by atoms with Crippen molar-refractivity contribution in [1.29, 1.82) is 0 Å². The predicted octanol–water partition coefficient (Wildman–Crippen LogP) is 4.59. The number of alkyl halides is 8. The van der Waals surface area contributed by atoms with Gasteiger partial charge in [-0.05, 0) is 25.7 Å².